The van der Waals surface area contributed by atoms with Gasteiger partial charge in [-0.3, -0.25) is 23.5 Å². The molecule has 0 fully saturated rings. The van der Waals surface area contributed by atoms with E-state index in [1.54, 1.807) is 31.2 Å². The number of nitrogens with one attached hydrogen (secondary N) is 3. The molecule has 4 aromatic heterocycles. The largest absolute Gasteiger partial charge is 0.478 e. The second-order valence-corrected chi connectivity index (χ2v) is 18.7. The Labute approximate surface area is 455 Å². The molecule has 8 rings (SSSR count). The second-order valence-electron chi connectivity index (χ2n) is 18.7. The number of carbonyl (C=O) groups is 2. The van der Waals surface area contributed by atoms with Gasteiger partial charge in [-0.25, -0.2) is 32.3 Å². The van der Waals surface area contributed by atoms with Crippen LogP contribution in [0.3, 0.4) is 0 Å². The predicted octanol–water partition coefficient (Wildman–Crippen LogP) is 10.2. The number of hydrogen-bond acceptors (Lipinski definition) is 12. The number of rotatable bonds is 22. The standard InChI is InChI=1S/C31H36F2N6O2.C28H29F2N5O3/c1-5-16-34-30(41)21-13-12-20(4)23(19-21)27-22-14-15-26(40)39(28-24(32)10-8-11-25(28)33)29(22)37-31(36-27)35-17-9-18-38(6-2)7-3;1-4-34(5-2)15-7-14-31-28-32-24(20-16-18(27(37)38)11-10-17(20)3)19-12-13-23(36)35(26(19)33-28)25-21(29)8-6-9-22(25)30/h8,10-15,19H,5-7,9,16-18H2,1-4H3,(H,34,41)(H,35,36,37);6,8-13,16H,4-5,7,14-15H2,1-3H3,(H,37,38)(H,31,32,33). The van der Waals surface area contributed by atoms with Crippen molar-refractivity contribution < 1.29 is 32.3 Å². The molecular weight excluding hydrogens is 1020 g/mol. The molecule has 8 aromatic rings. The van der Waals surface area contributed by atoms with Gasteiger partial charge in [-0.05, 0) is 144 Å². The third-order valence-corrected chi connectivity index (χ3v) is 13.5. The Hall–Kier alpha value is -8.36. The second kappa shape index (κ2) is 26.8. The molecule has 0 spiro atoms. The number of para-hydroxylation sites is 2. The highest BCUT2D eigenvalue weighted by Gasteiger charge is 2.23. The minimum atomic E-state index is -1.11. The van der Waals surface area contributed by atoms with Gasteiger partial charge >= 0.3 is 5.97 Å². The van der Waals surface area contributed by atoms with Crippen LogP contribution in [0.5, 0.6) is 0 Å². The number of nitrogens with zero attached hydrogens (tertiary/aromatic N) is 8. The van der Waals surface area contributed by atoms with E-state index in [9.17, 15) is 41.8 Å². The van der Waals surface area contributed by atoms with Crippen molar-refractivity contribution in [3.8, 4) is 33.9 Å². The molecule has 0 radical (unpaired) electrons. The van der Waals surface area contributed by atoms with Gasteiger partial charge in [-0.2, -0.15) is 9.97 Å². The monoisotopic (exact) mass is 1080 g/mol. The van der Waals surface area contributed by atoms with Crippen molar-refractivity contribution in [1.82, 2.24) is 44.2 Å². The van der Waals surface area contributed by atoms with E-state index >= 15 is 0 Å². The zero-order chi connectivity index (χ0) is 56.9. The van der Waals surface area contributed by atoms with Gasteiger partial charge in [0.25, 0.3) is 17.0 Å². The van der Waals surface area contributed by atoms with E-state index in [1.165, 1.54) is 42.5 Å². The highest BCUT2D eigenvalue weighted by molar-refractivity contribution is 5.99. The fraction of sp³-hybridized carbons (Fsp3) is 0.322. The van der Waals surface area contributed by atoms with Crippen molar-refractivity contribution in [2.24, 2.45) is 0 Å². The summed E-state index contributed by atoms with van der Waals surface area (Å²) in [6.07, 6.45) is 2.40. The van der Waals surface area contributed by atoms with Gasteiger partial charge in [0.05, 0.1) is 17.0 Å². The first-order chi connectivity index (χ1) is 38.0. The van der Waals surface area contributed by atoms with E-state index in [0.29, 0.717) is 58.5 Å². The predicted molar refractivity (Wildman–Crippen MR) is 302 cm³/mol. The van der Waals surface area contributed by atoms with Gasteiger partial charge in [0.15, 0.2) is 11.3 Å². The van der Waals surface area contributed by atoms with Gasteiger partial charge in [-0.15, -0.1) is 0 Å². The minimum absolute atomic E-state index is 0.00197. The molecule has 0 aliphatic heterocycles. The Morgan fingerprint density at radius 2 is 0.949 bits per heavy atom. The number of amides is 1. The number of aromatic carboxylic acids is 1. The maximum atomic E-state index is 15.0. The number of aryl methyl sites for hydroxylation is 2. The molecule has 1 amide bonds. The number of anilines is 2. The van der Waals surface area contributed by atoms with E-state index in [0.717, 1.165) is 103 Å². The van der Waals surface area contributed by atoms with E-state index < -0.39 is 51.7 Å². The summed E-state index contributed by atoms with van der Waals surface area (Å²) in [5, 5.41) is 19.6. The van der Waals surface area contributed by atoms with Crippen molar-refractivity contribution in [1.29, 1.82) is 0 Å². The van der Waals surface area contributed by atoms with Crippen LogP contribution in [-0.2, 0) is 0 Å². The van der Waals surface area contributed by atoms with E-state index in [-0.39, 0.29) is 34.7 Å². The fourth-order valence-corrected chi connectivity index (χ4v) is 9.09. The number of carboxylic acids is 1. The van der Waals surface area contributed by atoms with Crippen LogP contribution in [0.2, 0.25) is 0 Å². The molecule has 0 aliphatic carbocycles. The number of halogens is 4. The van der Waals surface area contributed by atoms with Gasteiger partial charge in [0.1, 0.15) is 34.6 Å². The van der Waals surface area contributed by atoms with Crippen LogP contribution in [-0.4, -0.2) is 115 Å². The minimum Gasteiger partial charge on any atom is -0.478 e. The van der Waals surface area contributed by atoms with E-state index in [2.05, 4.69) is 68.4 Å². The third kappa shape index (κ3) is 13.5. The smallest absolute Gasteiger partial charge is 0.335 e. The summed E-state index contributed by atoms with van der Waals surface area (Å²) >= 11 is 0. The summed E-state index contributed by atoms with van der Waals surface area (Å²) in [4.78, 5) is 73.6. The van der Waals surface area contributed by atoms with E-state index in [4.69, 9.17) is 4.98 Å². The number of benzene rings is 4. The van der Waals surface area contributed by atoms with Crippen LogP contribution < -0.4 is 27.1 Å². The Bertz CT molecular complexity index is 3580. The highest BCUT2D eigenvalue weighted by atomic mass is 19.1. The molecule has 0 saturated heterocycles. The van der Waals surface area contributed by atoms with Gasteiger partial charge in [-0.1, -0.05) is 58.9 Å². The van der Waals surface area contributed by atoms with Crippen LogP contribution in [0.15, 0.2) is 107 Å². The Balaban J connectivity index is 0.000000229. The first kappa shape index (κ1) is 58.3. The first-order valence-electron chi connectivity index (χ1n) is 26.5. The van der Waals surface area contributed by atoms with Crippen LogP contribution >= 0.6 is 0 Å². The van der Waals surface area contributed by atoms with Crippen molar-refractivity contribution in [2.75, 3.05) is 69.5 Å². The number of carbonyl (C=O) groups excluding carboxylic acids is 1. The fourth-order valence-electron chi connectivity index (χ4n) is 9.09. The lowest BCUT2D eigenvalue weighted by atomic mass is 9.99. The Morgan fingerprint density at radius 3 is 1.34 bits per heavy atom. The third-order valence-electron chi connectivity index (χ3n) is 13.5. The number of aromatic nitrogens is 6. The number of hydrogen-bond donors (Lipinski definition) is 4. The summed E-state index contributed by atoms with van der Waals surface area (Å²) in [5.74, 6) is -4.57. The zero-order valence-electron chi connectivity index (χ0n) is 45.4. The van der Waals surface area contributed by atoms with Crippen molar-refractivity contribution in [2.45, 2.75) is 67.7 Å². The number of pyridine rings is 2. The van der Waals surface area contributed by atoms with Crippen molar-refractivity contribution in [3.05, 3.63) is 163 Å². The lowest BCUT2D eigenvalue weighted by Crippen LogP contribution is -2.25. The zero-order valence-corrected chi connectivity index (χ0v) is 45.4. The molecular formula is C59H65F4N11O5. The quantitative estimate of drug-likeness (QED) is 0.0371. The molecule has 0 unspecified atom stereocenters. The summed E-state index contributed by atoms with van der Waals surface area (Å²) in [7, 11) is 0. The van der Waals surface area contributed by atoms with Gasteiger partial charge in [0.2, 0.25) is 11.9 Å². The molecule has 0 aliphatic rings. The first-order valence-corrected chi connectivity index (χ1v) is 26.5. The molecule has 4 N–H and O–H groups in total. The number of fused-ring (bicyclic) bond motifs is 2. The normalized spacial score (nSPS) is 11.3. The molecule has 4 aromatic carbocycles. The maximum Gasteiger partial charge on any atom is 0.335 e. The van der Waals surface area contributed by atoms with Crippen LogP contribution in [0, 0.1) is 37.1 Å². The van der Waals surface area contributed by atoms with Crippen LogP contribution in [0.1, 0.15) is 85.7 Å². The lowest BCUT2D eigenvalue weighted by Gasteiger charge is -2.18. The molecule has 0 saturated carbocycles. The van der Waals surface area contributed by atoms with Crippen molar-refractivity contribution >= 4 is 45.8 Å². The van der Waals surface area contributed by atoms with Crippen LogP contribution in [0.25, 0.3) is 56.0 Å². The number of carboxylic acid groups (broad SMARTS) is 1. The lowest BCUT2D eigenvalue weighted by molar-refractivity contribution is 0.0696. The van der Waals surface area contributed by atoms with Gasteiger partial charge < -0.3 is 30.9 Å². The summed E-state index contributed by atoms with van der Waals surface area (Å²) in [6, 6.07) is 22.2. The van der Waals surface area contributed by atoms with Gasteiger partial charge in [0, 0.05) is 59.2 Å². The summed E-state index contributed by atoms with van der Waals surface area (Å²) < 4.78 is 61.4. The summed E-state index contributed by atoms with van der Waals surface area (Å²) in [5.41, 5.74) is 1.69. The molecule has 79 heavy (non-hydrogen) atoms. The SMILES string of the molecule is CCCNC(=O)c1ccc(C)c(-c2nc(NCCCN(CC)CC)nc3c2ccc(=O)n3-c2c(F)cccc2F)c1.CCN(CC)CCCNc1nc(-c2cc(C(=O)O)ccc2C)c2ccc(=O)n(-c3c(F)cccc3F)c2n1. The molecule has 4 heterocycles. The summed E-state index contributed by atoms with van der Waals surface area (Å²) in [6.45, 7) is 21.1. The molecule has 20 heteroatoms. The van der Waals surface area contributed by atoms with Crippen LogP contribution in [0.4, 0.5) is 29.5 Å². The molecule has 0 atom stereocenters. The topological polar surface area (TPSA) is 192 Å². The molecule has 414 valence electrons. The molecule has 0 bridgehead atoms. The maximum absolute atomic E-state index is 15.0. The highest BCUT2D eigenvalue weighted by Crippen LogP contribution is 2.34. The Kier molecular flexibility index (Phi) is 19.8. The molecule has 16 nitrogen and oxygen atoms in total. The van der Waals surface area contributed by atoms with Crippen molar-refractivity contribution in [3.63, 3.8) is 0 Å². The average molecular weight is 1080 g/mol. The average Bonchev–Trinajstić information content (AvgIpc) is 3.62. The Morgan fingerprint density at radius 1 is 0.544 bits per heavy atom. The van der Waals surface area contributed by atoms with E-state index in [1.807, 2.05) is 19.9 Å².